The number of hydrogen-bond acceptors (Lipinski definition) is 4. The van der Waals surface area contributed by atoms with Gasteiger partial charge in [0.15, 0.2) is 0 Å². The van der Waals surface area contributed by atoms with Gasteiger partial charge in [-0.3, -0.25) is 14.5 Å². The van der Waals surface area contributed by atoms with Crippen LogP contribution in [0.2, 0.25) is 0 Å². The molecule has 4 rings (SSSR count). The summed E-state index contributed by atoms with van der Waals surface area (Å²) >= 11 is 0. The summed E-state index contributed by atoms with van der Waals surface area (Å²) in [5.41, 5.74) is 0.885. The quantitative estimate of drug-likeness (QED) is 0.827. The third kappa shape index (κ3) is 2.13. The summed E-state index contributed by atoms with van der Waals surface area (Å²) in [7, 11) is 1.74. The predicted molar refractivity (Wildman–Crippen MR) is 96.8 cm³/mol. The summed E-state index contributed by atoms with van der Waals surface area (Å²) in [5, 5.41) is 10.1. The largest absolute Gasteiger partial charge is 0.508 e. The molecule has 2 aliphatic carbocycles. The Kier molecular flexibility index (Phi) is 3.92. The lowest BCUT2D eigenvalue weighted by Crippen LogP contribution is -2.52. The predicted octanol–water partition coefficient (Wildman–Crippen LogP) is 2.93. The highest BCUT2D eigenvalue weighted by Gasteiger charge is 2.67. The van der Waals surface area contributed by atoms with Gasteiger partial charge in [0.1, 0.15) is 5.75 Å². The zero-order chi connectivity index (χ0) is 18.7. The number of hydrogen-bond donors (Lipinski definition) is 1. The van der Waals surface area contributed by atoms with E-state index < -0.39 is 5.41 Å². The van der Waals surface area contributed by atoms with Crippen LogP contribution in [-0.2, 0) is 26.2 Å². The van der Waals surface area contributed by atoms with Gasteiger partial charge in [-0.15, -0.1) is 0 Å². The molecule has 26 heavy (non-hydrogen) atoms. The molecule has 1 aromatic rings. The number of benzene rings is 1. The zero-order valence-corrected chi connectivity index (χ0v) is 15.7. The van der Waals surface area contributed by atoms with E-state index in [4.69, 9.17) is 4.74 Å². The van der Waals surface area contributed by atoms with E-state index in [1.165, 1.54) is 4.90 Å². The smallest absolute Gasteiger partial charge is 0.241 e. The normalized spacial score (nSPS) is 33.7. The molecule has 1 unspecified atom stereocenters. The maximum absolute atomic E-state index is 13.7. The Morgan fingerprint density at radius 2 is 1.88 bits per heavy atom. The molecule has 1 atom stereocenters. The minimum Gasteiger partial charge on any atom is -0.508 e. The average molecular weight is 357 g/mol. The van der Waals surface area contributed by atoms with E-state index in [-0.39, 0.29) is 41.5 Å². The SMILES string of the molecule is COC1CCC2(CC1)Cc1ccc(O)cc1C21CC(=O)N(C(C)C)C1=O. The van der Waals surface area contributed by atoms with Crippen LogP contribution in [-0.4, -0.2) is 41.1 Å². The van der Waals surface area contributed by atoms with Crippen molar-refractivity contribution in [3.05, 3.63) is 29.3 Å². The first kappa shape index (κ1) is 17.5. The van der Waals surface area contributed by atoms with Crippen molar-refractivity contribution in [3.63, 3.8) is 0 Å². The van der Waals surface area contributed by atoms with Crippen LogP contribution in [0.15, 0.2) is 18.2 Å². The molecule has 1 aromatic carbocycles. The van der Waals surface area contributed by atoms with Crippen molar-refractivity contribution in [2.75, 3.05) is 7.11 Å². The lowest BCUT2D eigenvalue weighted by Gasteiger charge is -2.46. The maximum Gasteiger partial charge on any atom is 0.241 e. The van der Waals surface area contributed by atoms with E-state index in [1.54, 1.807) is 19.2 Å². The number of fused-ring (bicyclic) bond motifs is 3. The van der Waals surface area contributed by atoms with Crippen LogP contribution in [0.1, 0.15) is 57.1 Å². The number of carbonyl (C=O) groups excluding carboxylic acids is 2. The standard InChI is InChI=1S/C21H27NO4/c1-13(2)22-18(24)12-21(19(22)25)17-10-15(23)5-4-14(17)11-20(21)8-6-16(26-3)7-9-20/h4-5,10,13,16,23H,6-9,11-12H2,1-3H3. The first-order chi connectivity index (χ1) is 12.3. The molecule has 140 valence electrons. The summed E-state index contributed by atoms with van der Waals surface area (Å²) in [5.74, 6) is 0.00106. The van der Waals surface area contributed by atoms with Gasteiger partial charge in [0.05, 0.1) is 11.5 Å². The monoisotopic (exact) mass is 357 g/mol. The van der Waals surface area contributed by atoms with Gasteiger partial charge >= 0.3 is 0 Å². The second-order valence-electron chi connectivity index (χ2n) is 8.48. The maximum atomic E-state index is 13.7. The molecule has 1 heterocycles. The molecule has 5 heteroatoms. The fourth-order valence-electron chi connectivity index (χ4n) is 5.75. The van der Waals surface area contributed by atoms with Gasteiger partial charge in [-0.2, -0.15) is 0 Å². The average Bonchev–Trinajstić information content (AvgIpc) is 3.02. The van der Waals surface area contributed by atoms with E-state index in [0.717, 1.165) is 43.2 Å². The van der Waals surface area contributed by atoms with Gasteiger partial charge in [-0.05, 0) is 74.6 Å². The molecule has 1 N–H and O–H groups in total. The summed E-state index contributed by atoms with van der Waals surface area (Å²) < 4.78 is 5.55. The molecule has 2 fully saturated rings. The molecule has 0 bridgehead atoms. The minimum absolute atomic E-state index is 0.0716. The van der Waals surface area contributed by atoms with Gasteiger partial charge in [-0.25, -0.2) is 0 Å². The van der Waals surface area contributed by atoms with E-state index in [1.807, 2.05) is 19.9 Å². The molecule has 1 saturated carbocycles. The molecule has 0 aromatic heterocycles. The highest BCUT2D eigenvalue weighted by molar-refractivity contribution is 6.10. The molecule has 2 spiro atoms. The van der Waals surface area contributed by atoms with Gasteiger partial charge in [0.2, 0.25) is 11.8 Å². The number of ether oxygens (including phenoxy) is 1. The summed E-state index contributed by atoms with van der Waals surface area (Å²) in [4.78, 5) is 28.0. The molecular weight excluding hydrogens is 330 g/mol. The summed E-state index contributed by atoms with van der Waals surface area (Å²) in [6.45, 7) is 3.78. The minimum atomic E-state index is -0.832. The topological polar surface area (TPSA) is 66.8 Å². The molecular formula is C21H27NO4. The molecule has 5 nitrogen and oxygen atoms in total. The number of phenols is 1. The number of phenolic OH excluding ortho intramolecular Hbond substituents is 1. The van der Waals surface area contributed by atoms with Gasteiger partial charge in [0, 0.05) is 19.6 Å². The summed E-state index contributed by atoms with van der Waals surface area (Å²) in [6, 6.07) is 5.19. The van der Waals surface area contributed by atoms with E-state index in [0.29, 0.717) is 0 Å². The van der Waals surface area contributed by atoms with Crippen LogP contribution in [0.25, 0.3) is 0 Å². The van der Waals surface area contributed by atoms with E-state index in [9.17, 15) is 14.7 Å². The molecule has 2 amide bonds. The lowest BCUT2D eigenvalue weighted by atomic mass is 9.56. The fraction of sp³-hybridized carbons (Fsp3) is 0.619. The number of methoxy groups -OCH3 is 1. The van der Waals surface area contributed by atoms with E-state index >= 15 is 0 Å². The van der Waals surface area contributed by atoms with Crippen LogP contribution in [0, 0.1) is 5.41 Å². The Morgan fingerprint density at radius 3 is 2.46 bits per heavy atom. The van der Waals surface area contributed by atoms with Crippen LogP contribution in [0.4, 0.5) is 0 Å². The van der Waals surface area contributed by atoms with Gasteiger partial charge in [0.25, 0.3) is 0 Å². The molecule has 1 aliphatic heterocycles. The van der Waals surface area contributed by atoms with Crippen molar-refractivity contribution < 1.29 is 19.4 Å². The van der Waals surface area contributed by atoms with E-state index in [2.05, 4.69) is 0 Å². The van der Waals surface area contributed by atoms with Gasteiger partial charge in [-0.1, -0.05) is 6.07 Å². The number of nitrogens with zero attached hydrogens (tertiary/aromatic N) is 1. The number of likely N-dealkylation sites (tertiary alicyclic amines) is 1. The third-order valence-electron chi connectivity index (χ3n) is 7.00. The number of carbonyl (C=O) groups is 2. The highest BCUT2D eigenvalue weighted by atomic mass is 16.5. The molecule has 0 radical (unpaired) electrons. The second kappa shape index (κ2) is 5.81. The summed E-state index contributed by atoms with van der Waals surface area (Å²) in [6.07, 6.45) is 4.78. The van der Waals surface area contributed by atoms with Crippen molar-refractivity contribution in [2.45, 2.75) is 69.9 Å². The Balaban J connectivity index is 1.87. The Hall–Kier alpha value is -1.88. The number of imide groups is 1. The van der Waals surface area contributed by atoms with Crippen molar-refractivity contribution >= 4 is 11.8 Å². The third-order valence-corrected chi connectivity index (χ3v) is 7.00. The molecule has 3 aliphatic rings. The van der Waals surface area contributed by atoms with Crippen molar-refractivity contribution in [2.24, 2.45) is 5.41 Å². The fourth-order valence-corrected chi connectivity index (χ4v) is 5.75. The van der Waals surface area contributed by atoms with Gasteiger partial charge < -0.3 is 9.84 Å². The first-order valence-corrected chi connectivity index (χ1v) is 9.56. The Morgan fingerprint density at radius 1 is 1.19 bits per heavy atom. The number of aromatic hydroxyl groups is 1. The molecule has 1 saturated heterocycles. The second-order valence-corrected chi connectivity index (χ2v) is 8.48. The van der Waals surface area contributed by atoms with Crippen LogP contribution >= 0.6 is 0 Å². The van der Waals surface area contributed by atoms with Crippen LogP contribution in [0.5, 0.6) is 5.75 Å². The lowest BCUT2D eigenvalue weighted by molar-refractivity contribution is -0.144. The zero-order valence-electron chi connectivity index (χ0n) is 15.7. The van der Waals surface area contributed by atoms with Crippen molar-refractivity contribution in [3.8, 4) is 5.75 Å². The Bertz CT molecular complexity index is 763. The number of rotatable bonds is 2. The van der Waals surface area contributed by atoms with Crippen LogP contribution in [0.3, 0.4) is 0 Å². The van der Waals surface area contributed by atoms with Crippen LogP contribution < -0.4 is 0 Å². The van der Waals surface area contributed by atoms with Crippen molar-refractivity contribution in [1.82, 2.24) is 4.90 Å². The number of amides is 2. The van der Waals surface area contributed by atoms with Crippen molar-refractivity contribution in [1.29, 1.82) is 0 Å². The highest BCUT2D eigenvalue weighted by Crippen LogP contribution is 2.63. The Labute approximate surface area is 154 Å². The first-order valence-electron chi connectivity index (χ1n) is 9.56.